The number of aromatic amines is 2. The Morgan fingerprint density at radius 1 is 0.621 bits per heavy atom. The number of fused-ring (bicyclic) bond motifs is 2. The average molecular weight is 801 g/mol. The molecule has 0 radical (unpaired) electrons. The Hall–Kier alpha value is -5.40. The van der Waals surface area contributed by atoms with Gasteiger partial charge in [-0.15, -0.1) is 0 Å². The lowest BCUT2D eigenvalue weighted by Crippen LogP contribution is -2.45. The summed E-state index contributed by atoms with van der Waals surface area (Å²) in [6.45, 7) is 14.6. The van der Waals surface area contributed by atoms with Gasteiger partial charge in [-0.3, -0.25) is 9.59 Å². The second-order valence-electron chi connectivity index (χ2n) is 17.4. The molecule has 6 rings (SSSR count). The standard InChI is InChI=1S/C44H60N6O8/c1-43(2,3)57-41(53)45-17-11-31-25-47-37-9-7-33(23-35(31)37)55-27-39(51)49-19-13-29(14-20-49)30-15-21-50(22-16-30)40(52)28-56-34-8-10-38-36(24-34)32(26-48-38)12-18-46-42(54)58-44(4,5)6/h7-10,23-26,29-30,47-48H,11-22,27-28H2,1-6H3,(H,45,53)(H,46,54). The third-order valence-corrected chi connectivity index (χ3v) is 10.8. The van der Waals surface area contributed by atoms with Gasteiger partial charge in [-0.1, -0.05) is 0 Å². The number of piperidine rings is 2. The molecule has 0 saturated carbocycles. The highest BCUT2D eigenvalue weighted by molar-refractivity contribution is 5.86. The number of aromatic nitrogens is 2. The zero-order valence-electron chi connectivity index (χ0n) is 34.8. The highest BCUT2D eigenvalue weighted by atomic mass is 16.6. The van der Waals surface area contributed by atoms with E-state index in [0.29, 0.717) is 75.4 Å². The van der Waals surface area contributed by atoms with Gasteiger partial charge >= 0.3 is 12.2 Å². The summed E-state index contributed by atoms with van der Waals surface area (Å²) in [5.41, 5.74) is 2.90. The third-order valence-electron chi connectivity index (χ3n) is 10.8. The summed E-state index contributed by atoms with van der Waals surface area (Å²) in [4.78, 5) is 60.7. The molecule has 4 aromatic rings. The number of ether oxygens (including phenoxy) is 4. The molecular formula is C44H60N6O8. The van der Waals surface area contributed by atoms with Crippen molar-refractivity contribution in [3.8, 4) is 11.5 Å². The minimum Gasteiger partial charge on any atom is -0.484 e. The molecule has 4 N–H and O–H groups in total. The number of rotatable bonds is 13. The Kier molecular flexibility index (Phi) is 13.4. The molecule has 2 aliphatic rings. The number of carbonyl (C=O) groups excluding carboxylic acids is 4. The van der Waals surface area contributed by atoms with Gasteiger partial charge in [0.2, 0.25) is 0 Å². The largest absolute Gasteiger partial charge is 0.484 e. The Morgan fingerprint density at radius 2 is 1.00 bits per heavy atom. The Balaban J connectivity index is 0.885. The molecule has 2 fully saturated rings. The maximum absolute atomic E-state index is 13.2. The van der Waals surface area contributed by atoms with Crippen LogP contribution in [0.2, 0.25) is 0 Å². The highest BCUT2D eigenvalue weighted by Crippen LogP contribution is 2.33. The quantitative estimate of drug-likeness (QED) is 0.116. The maximum Gasteiger partial charge on any atom is 0.407 e. The third kappa shape index (κ3) is 11.8. The SMILES string of the molecule is CC(C)(C)OC(=O)NCCc1c[nH]c2ccc(OCC(=O)N3CCC(C4CCN(C(=O)COc5ccc6[nH]cc(CCNC(=O)OC(C)(C)C)c6c5)CC4)CC3)cc12. The molecule has 2 aromatic carbocycles. The molecule has 0 atom stereocenters. The molecule has 0 spiro atoms. The van der Waals surface area contributed by atoms with Gasteiger partial charge in [0.1, 0.15) is 22.7 Å². The molecule has 4 amide bonds. The first kappa shape index (κ1) is 42.2. The predicted molar refractivity (Wildman–Crippen MR) is 222 cm³/mol. The number of benzene rings is 2. The number of alkyl carbamates (subject to hydrolysis) is 2. The smallest absolute Gasteiger partial charge is 0.407 e. The lowest BCUT2D eigenvalue weighted by atomic mass is 9.79. The van der Waals surface area contributed by atoms with Crippen molar-refractivity contribution >= 4 is 45.8 Å². The van der Waals surface area contributed by atoms with E-state index < -0.39 is 23.4 Å². The van der Waals surface area contributed by atoms with Crippen LogP contribution in [0.5, 0.6) is 11.5 Å². The van der Waals surface area contributed by atoms with Gasteiger partial charge in [-0.05, 0) is 139 Å². The second-order valence-corrected chi connectivity index (χ2v) is 17.4. The van der Waals surface area contributed by atoms with E-state index in [1.54, 1.807) is 0 Å². The molecule has 0 bridgehead atoms. The molecular weight excluding hydrogens is 741 g/mol. The van der Waals surface area contributed by atoms with Gasteiger partial charge in [0.05, 0.1) is 0 Å². The summed E-state index contributed by atoms with van der Waals surface area (Å²) in [6, 6.07) is 11.5. The number of hydrogen-bond donors (Lipinski definition) is 4. The number of likely N-dealkylation sites (tertiary alicyclic amines) is 2. The van der Waals surface area contributed by atoms with Crippen molar-refractivity contribution in [1.82, 2.24) is 30.4 Å². The first-order chi connectivity index (χ1) is 27.6. The van der Waals surface area contributed by atoms with Crippen LogP contribution in [0.1, 0.15) is 78.4 Å². The number of amides is 4. The van der Waals surface area contributed by atoms with E-state index in [-0.39, 0.29) is 25.0 Å². The molecule has 314 valence electrons. The molecule has 14 heteroatoms. The lowest BCUT2D eigenvalue weighted by Gasteiger charge is -2.40. The molecule has 2 saturated heterocycles. The molecule has 58 heavy (non-hydrogen) atoms. The number of H-pyrrole nitrogens is 2. The molecule has 0 unspecified atom stereocenters. The van der Waals surface area contributed by atoms with Crippen LogP contribution in [0.3, 0.4) is 0 Å². The fourth-order valence-corrected chi connectivity index (χ4v) is 7.85. The Labute approximate surface area is 340 Å². The van der Waals surface area contributed by atoms with Gasteiger partial charge in [-0.25, -0.2) is 9.59 Å². The van der Waals surface area contributed by atoms with Crippen LogP contribution in [0.15, 0.2) is 48.8 Å². The maximum atomic E-state index is 13.2. The first-order valence-electron chi connectivity index (χ1n) is 20.5. The molecule has 4 heterocycles. The van der Waals surface area contributed by atoms with Crippen LogP contribution < -0.4 is 20.1 Å². The Bertz CT molecular complexity index is 1900. The highest BCUT2D eigenvalue weighted by Gasteiger charge is 2.32. The van der Waals surface area contributed by atoms with Gasteiger partial charge in [0.25, 0.3) is 11.8 Å². The number of nitrogens with one attached hydrogen (secondary N) is 4. The monoisotopic (exact) mass is 800 g/mol. The molecule has 14 nitrogen and oxygen atoms in total. The van der Waals surface area contributed by atoms with Crippen LogP contribution in [-0.4, -0.2) is 107 Å². The minimum absolute atomic E-state index is 0.0168. The molecule has 0 aliphatic carbocycles. The van der Waals surface area contributed by atoms with Crippen molar-refractivity contribution in [2.75, 3.05) is 52.5 Å². The van der Waals surface area contributed by atoms with Crippen molar-refractivity contribution in [3.05, 3.63) is 59.9 Å². The van der Waals surface area contributed by atoms with E-state index >= 15 is 0 Å². The van der Waals surface area contributed by atoms with Crippen LogP contribution in [-0.2, 0) is 31.9 Å². The predicted octanol–water partition coefficient (Wildman–Crippen LogP) is 6.72. The lowest BCUT2D eigenvalue weighted by molar-refractivity contribution is -0.137. The van der Waals surface area contributed by atoms with Crippen LogP contribution >= 0.6 is 0 Å². The van der Waals surface area contributed by atoms with Crippen molar-refractivity contribution in [2.45, 2.75) is 91.3 Å². The van der Waals surface area contributed by atoms with Crippen LogP contribution in [0.4, 0.5) is 9.59 Å². The van der Waals surface area contributed by atoms with Gasteiger partial charge in [0, 0.05) is 73.5 Å². The zero-order valence-corrected chi connectivity index (χ0v) is 34.8. The summed E-state index contributed by atoms with van der Waals surface area (Å²) in [7, 11) is 0. The van der Waals surface area contributed by atoms with Crippen molar-refractivity contribution in [1.29, 1.82) is 0 Å². The fraction of sp³-hybridized carbons (Fsp3) is 0.545. The van der Waals surface area contributed by atoms with E-state index in [1.807, 2.05) is 100 Å². The summed E-state index contributed by atoms with van der Waals surface area (Å²) in [5, 5.41) is 7.58. The van der Waals surface area contributed by atoms with E-state index in [1.165, 1.54) is 0 Å². The Morgan fingerprint density at radius 3 is 1.36 bits per heavy atom. The second kappa shape index (κ2) is 18.5. The van der Waals surface area contributed by atoms with Crippen molar-refractivity contribution in [2.24, 2.45) is 11.8 Å². The van der Waals surface area contributed by atoms with Crippen molar-refractivity contribution in [3.63, 3.8) is 0 Å². The van der Waals surface area contributed by atoms with Crippen LogP contribution in [0, 0.1) is 11.8 Å². The summed E-state index contributed by atoms with van der Waals surface area (Å²) in [6.07, 6.45) is 8.00. The minimum atomic E-state index is -0.551. The van der Waals surface area contributed by atoms with E-state index in [9.17, 15) is 19.2 Å². The summed E-state index contributed by atoms with van der Waals surface area (Å²) in [5.74, 6) is 2.27. The molecule has 2 aromatic heterocycles. The number of nitrogens with zero attached hydrogens (tertiary/aromatic N) is 2. The number of hydrogen-bond acceptors (Lipinski definition) is 8. The van der Waals surface area contributed by atoms with Crippen molar-refractivity contribution < 1.29 is 38.1 Å². The zero-order chi connectivity index (χ0) is 41.5. The van der Waals surface area contributed by atoms with Gasteiger partial charge in [-0.2, -0.15) is 0 Å². The average Bonchev–Trinajstić information content (AvgIpc) is 3.78. The van der Waals surface area contributed by atoms with E-state index in [4.69, 9.17) is 18.9 Å². The van der Waals surface area contributed by atoms with Crippen LogP contribution in [0.25, 0.3) is 21.8 Å². The van der Waals surface area contributed by atoms with E-state index in [0.717, 1.165) is 58.6 Å². The van der Waals surface area contributed by atoms with Gasteiger partial charge in [0.15, 0.2) is 13.2 Å². The summed E-state index contributed by atoms with van der Waals surface area (Å²) >= 11 is 0. The number of carbonyl (C=O) groups is 4. The topological polar surface area (TPSA) is 167 Å². The normalized spacial score (nSPS) is 15.7. The summed E-state index contributed by atoms with van der Waals surface area (Å²) < 4.78 is 22.6. The fourth-order valence-electron chi connectivity index (χ4n) is 7.85. The molecule has 2 aliphatic heterocycles. The van der Waals surface area contributed by atoms with E-state index in [2.05, 4.69) is 20.6 Å². The van der Waals surface area contributed by atoms with Gasteiger partial charge < -0.3 is 49.3 Å². The first-order valence-corrected chi connectivity index (χ1v) is 20.5.